The van der Waals surface area contributed by atoms with E-state index in [9.17, 15) is 4.79 Å². The van der Waals surface area contributed by atoms with E-state index in [0.717, 1.165) is 12.1 Å². The van der Waals surface area contributed by atoms with Gasteiger partial charge in [-0.05, 0) is 42.9 Å². The zero-order chi connectivity index (χ0) is 18.4. The van der Waals surface area contributed by atoms with Crippen molar-refractivity contribution < 1.29 is 4.79 Å². The minimum atomic E-state index is 0.128. The normalized spacial score (nSPS) is 11.2. The third kappa shape index (κ3) is 7.69. The number of carbonyl (C=O) groups excluding carboxylic acids is 1. The molecule has 0 saturated carbocycles. The first-order chi connectivity index (χ1) is 11.7. The van der Waals surface area contributed by atoms with Gasteiger partial charge in [0.25, 0.3) is 0 Å². The standard InChI is InChI=1S/C9H9NO.C8H10S.2C2H6/c11-9-6-5-7-3-1-2-4-8(7)10-9;1-7-5-3-4-6-8(7)9-2;2*1-2/h1-4H,5-6H2,(H,10,11);3-6H,1-2H3;2*1-2H3. The molecule has 3 heteroatoms. The van der Waals surface area contributed by atoms with Gasteiger partial charge in [-0.3, -0.25) is 4.79 Å². The maximum atomic E-state index is 10.9. The molecule has 0 fully saturated rings. The van der Waals surface area contributed by atoms with Gasteiger partial charge < -0.3 is 5.32 Å². The van der Waals surface area contributed by atoms with Crippen molar-refractivity contribution in [1.82, 2.24) is 0 Å². The zero-order valence-corrected chi connectivity index (χ0v) is 16.7. The number of anilines is 1. The molecular formula is C21H31NOS. The fourth-order valence-corrected chi connectivity index (χ4v) is 2.71. The Kier molecular flexibility index (Phi) is 12.7. The number of amides is 1. The molecule has 1 N–H and O–H groups in total. The average molecular weight is 346 g/mol. The van der Waals surface area contributed by atoms with Gasteiger partial charge >= 0.3 is 0 Å². The number of aryl methyl sites for hydroxylation is 2. The topological polar surface area (TPSA) is 29.1 Å². The monoisotopic (exact) mass is 345 g/mol. The summed E-state index contributed by atoms with van der Waals surface area (Å²) in [6.07, 6.45) is 3.60. The van der Waals surface area contributed by atoms with E-state index in [0.29, 0.717) is 6.42 Å². The van der Waals surface area contributed by atoms with Gasteiger partial charge in [0.2, 0.25) is 5.91 Å². The fraction of sp³-hybridized carbons (Fsp3) is 0.381. The summed E-state index contributed by atoms with van der Waals surface area (Å²) in [6, 6.07) is 16.3. The van der Waals surface area contributed by atoms with Crippen LogP contribution in [-0.2, 0) is 11.2 Å². The lowest BCUT2D eigenvalue weighted by Gasteiger charge is -2.15. The number of carbonyl (C=O) groups is 1. The Morgan fingerprint density at radius 3 is 2.04 bits per heavy atom. The van der Waals surface area contributed by atoms with Crippen molar-refractivity contribution in [2.75, 3.05) is 11.6 Å². The SMILES string of the molecule is CC.CC.CSc1ccccc1C.O=C1CCc2ccccc2N1. The number of para-hydroxylation sites is 1. The summed E-state index contributed by atoms with van der Waals surface area (Å²) >= 11 is 1.80. The van der Waals surface area contributed by atoms with Gasteiger partial charge in [-0.15, -0.1) is 11.8 Å². The van der Waals surface area contributed by atoms with Crippen LogP contribution in [0.25, 0.3) is 0 Å². The molecule has 0 saturated heterocycles. The molecular weight excluding hydrogens is 314 g/mol. The number of benzene rings is 2. The van der Waals surface area contributed by atoms with Gasteiger partial charge in [0.15, 0.2) is 0 Å². The molecule has 0 radical (unpaired) electrons. The number of hydrogen-bond donors (Lipinski definition) is 1. The Balaban J connectivity index is 0.000000371. The van der Waals surface area contributed by atoms with Crippen LogP contribution in [0.4, 0.5) is 5.69 Å². The molecule has 2 nitrogen and oxygen atoms in total. The molecule has 0 unspecified atom stereocenters. The van der Waals surface area contributed by atoms with E-state index in [1.807, 2.05) is 45.9 Å². The number of thioether (sulfide) groups is 1. The van der Waals surface area contributed by atoms with Gasteiger partial charge in [0.05, 0.1) is 0 Å². The Hall–Kier alpha value is -1.74. The van der Waals surface area contributed by atoms with Crippen molar-refractivity contribution >= 4 is 23.4 Å². The van der Waals surface area contributed by atoms with Gasteiger partial charge in [0, 0.05) is 17.0 Å². The summed E-state index contributed by atoms with van der Waals surface area (Å²) in [5, 5.41) is 2.82. The zero-order valence-electron chi connectivity index (χ0n) is 15.8. The fourth-order valence-electron chi connectivity index (χ4n) is 2.11. The molecule has 0 atom stereocenters. The van der Waals surface area contributed by atoms with E-state index in [2.05, 4.69) is 48.8 Å². The van der Waals surface area contributed by atoms with Gasteiger partial charge in [-0.25, -0.2) is 0 Å². The van der Waals surface area contributed by atoms with E-state index < -0.39 is 0 Å². The lowest BCUT2D eigenvalue weighted by molar-refractivity contribution is -0.116. The third-order valence-corrected chi connectivity index (χ3v) is 4.12. The maximum absolute atomic E-state index is 10.9. The molecule has 3 rings (SSSR count). The summed E-state index contributed by atoms with van der Waals surface area (Å²) < 4.78 is 0. The van der Waals surface area contributed by atoms with E-state index in [1.54, 1.807) is 11.8 Å². The second-order valence-electron chi connectivity index (χ2n) is 4.67. The Labute approximate surface area is 152 Å². The summed E-state index contributed by atoms with van der Waals surface area (Å²) in [6.45, 7) is 10.1. The summed E-state index contributed by atoms with van der Waals surface area (Å²) in [4.78, 5) is 12.3. The van der Waals surface area contributed by atoms with E-state index in [1.165, 1.54) is 16.0 Å². The third-order valence-electron chi connectivity index (χ3n) is 3.23. The van der Waals surface area contributed by atoms with Gasteiger partial charge in [0.1, 0.15) is 0 Å². The Morgan fingerprint density at radius 2 is 1.46 bits per heavy atom. The molecule has 0 spiro atoms. The van der Waals surface area contributed by atoms with Crippen molar-refractivity contribution in [2.24, 2.45) is 0 Å². The Morgan fingerprint density at radius 1 is 0.875 bits per heavy atom. The van der Waals surface area contributed by atoms with Crippen molar-refractivity contribution in [3.63, 3.8) is 0 Å². The predicted molar refractivity (Wildman–Crippen MR) is 109 cm³/mol. The highest BCUT2D eigenvalue weighted by Gasteiger charge is 2.12. The van der Waals surface area contributed by atoms with Crippen LogP contribution in [0.15, 0.2) is 53.4 Å². The molecule has 1 aliphatic rings. The van der Waals surface area contributed by atoms with Crippen LogP contribution in [-0.4, -0.2) is 12.2 Å². The molecule has 2 aromatic carbocycles. The summed E-state index contributed by atoms with van der Waals surface area (Å²) in [7, 11) is 0. The minimum absolute atomic E-state index is 0.128. The second kappa shape index (κ2) is 13.7. The number of rotatable bonds is 1. The lowest BCUT2D eigenvalue weighted by Crippen LogP contribution is -2.18. The maximum Gasteiger partial charge on any atom is 0.224 e. The molecule has 0 bridgehead atoms. The predicted octanol–water partition coefficient (Wildman–Crippen LogP) is 6.34. The molecule has 24 heavy (non-hydrogen) atoms. The van der Waals surface area contributed by atoms with Crippen LogP contribution in [0, 0.1) is 6.92 Å². The van der Waals surface area contributed by atoms with E-state index >= 15 is 0 Å². The highest BCUT2D eigenvalue weighted by molar-refractivity contribution is 7.98. The highest BCUT2D eigenvalue weighted by Crippen LogP contribution is 2.21. The largest absolute Gasteiger partial charge is 0.326 e. The van der Waals surface area contributed by atoms with Crippen LogP contribution in [0.3, 0.4) is 0 Å². The van der Waals surface area contributed by atoms with Gasteiger partial charge in [-0.2, -0.15) is 0 Å². The second-order valence-corrected chi connectivity index (χ2v) is 5.52. The van der Waals surface area contributed by atoms with Crippen molar-refractivity contribution in [3.8, 4) is 0 Å². The van der Waals surface area contributed by atoms with Crippen LogP contribution in [0.5, 0.6) is 0 Å². The Bertz CT molecular complexity index is 596. The summed E-state index contributed by atoms with van der Waals surface area (Å²) in [5.41, 5.74) is 3.58. The molecule has 0 aromatic heterocycles. The van der Waals surface area contributed by atoms with Crippen LogP contribution >= 0.6 is 11.8 Å². The lowest BCUT2D eigenvalue weighted by atomic mass is 10.0. The first-order valence-electron chi connectivity index (χ1n) is 8.68. The minimum Gasteiger partial charge on any atom is -0.326 e. The molecule has 132 valence electrons. The number of nitrogens with one attached hydrogen (secondary N) is 1. The summed E-state index contributed by atoms with van der Waals surface area (Å²) in [5.74, 6) is 0.128. The number of fused-ring (bicyclic) bond motifs is 1. The van der Waals surface area contributed by atoms with E-state index in [4.69, 9.17) is 0 Å². The van der Waals surface area contributed by atoms with E-state index in [-0.39, 0.29) is 5.91 Å². The molecule has 1 aliphatic heterocycles. The van der Waals surface area contributed by atoms with Gasteiger partial charge in [-0.1, -0.05) is 64.1 Å². The molecule has 0 aliphatic carbocycles. The first kappa shape index (κ1) is 22.3. The van der Waals surface area contributed by atoms with Crippen molar-refractivity contribution in [2.45, 2.75) is 52.4 Å². The first-order valence-corrected chi connectivity index (χ1v) is 9.90. The van der Waals surface area contributed by atoms with Crippen molar-refractivity contribution in [1.29, 1.82) is 0 Å². The van der Waals surface area contributed by atoms with Crippen LogP contribution in [0.2, 0.25) is 0 Å². The molecule has 1 heterocycles. The highest BCUT2D eigenvalue weighted by atomic mass is 32.2. The van der Waals surface area contributed by atoms with Crippen LogP contribution in [0.1, 0.15) is 45.2 Å². The van der Waals surface area contributed by atoms with Crippen molar-refractivity contribution in [3.05, 3.63) is 59.7 Å². The number of hydrogen-bond acceptors (Lipinski definition) is 2. The smallest absolute Gasteiger partial charge is 0.224 e. The molecule has 2 aromatic rings. The molecule has 1 amide bonds. The average Bonchev–Trinajstić information content (AvgIpc) is 2.66. The quantitative estimate of drug-likeness (QED) is 0.611. The van der Waals surface area contributed by atoms with Crippen LogP contribution < -0.4 is 5.32 Å².